The highest BCUT2D eigenvalue weighted by Crippen LogP contribution is 2.28. The number of rotatable bonds is 8. The van der Waals surface area contributed by atoms with Crippen molar-refractivity contribution < 1.29 is 0 Å². The summed E-state index contributed by atoms with van der Waals surface area (Å²) in [6.07, 6.45) is 12.0. The van der Waals surface area contributed by atoms with Crippen molar-refractivity contribution in [1.82, 2.24) is 15.1 Å². The van der Waals surface area contributed by atoms with Crippen LogP contribution in [0.4, 0.5) is 0 Å². The van der Waals surface area contributed by atoms with Crippen molar-refractivity contribution in [3.63, 3.8) is 0 Å². The number of nitrogens with zero attached hydrogens (tertiary/aromatic N) is 2. The summed E-state index contributed by atoms with van der Waals surface area (Å²) < 4.78 is 2.21. The van der Waals surface area contributed by atoms with Crippen LogP contribution in [-0.2, 0) is 6.42 Å². The zero-order valence-electron chi connectivity index (χ0n) is 12.3. The molecular formula is C15H27N3S. The third kappa shape index (κ3) is 4.53. The van der Waals surface area contributed by atoms with E-state index in [2.05, 4.69) is 35.4 Å². The molecule has 0 bridgehead atoms. The van der Waals surface area contributed by atoms with E-state index in [1.54, 1.807) is 0 Å². The van der Waals surface area contributed by atoms with E-state index in [1.165, 1.54) is 43.6 Å². The summed E-state index contributed by atoms with van der Waals surface area (Å²) in [6.45, 7) is 3.23. The maximum absolute atomic E-state index is 4.79. The first-order chi connectivity index (χ1) is 9.33. The number of aromatic nitrogens is 2. The molecule has 0 aliphatic heterocycles. The van der Waals surface area contributed by atoms with Gasteiger partial charge in [-0.25, -0.2) is 0 Å². The van der Waals surface area contributed by atoms with Gasteiger partial charge in [0.15, 0.2) is 0 Å². The zero-order valence-corrected chi connectivity index (χ0v) is 13.1. The molecule has 19 heavy (non-hydrogen) atoms. The second-order valence-corrected chi connectivity index (χ2v) is 6.45. The lowest BCUT2D eigenvalue weighted by molar-refractivity contribution is 0.454. The van der Waals surface area contributed by atoms with Crippen LogP contribution in [0.1, 0.15) is 50.8 Å². The number of hydrogen-bond donors (Lipinski definition) is 1. The third-order valence-corrected chi connectivity index (χ3v) is 4.63. The number of nitrogens with one attached hydrogen (secondary N) is 1. The Morgan fingerprint density at radius 2 is 2.26 bits per heavy atom. The Hall–Kier alpha value is -0.480. The highest BCUT2D eigenvalue weighted by atomic mass is 32.2. The molecule has 1 aromatic rings. The molecule has 0 saturated heterocycles. The van der Waals surface area contributed by atoms with Gasteiger partial charge >= 0.3 is 0 Å². The highest BCUT2D eigenvalue weighted by molar-refractivity contribution is 7.98. The molecule has 1 N–H and O–H groups in total. The van der Waals surface area contributed by atoms with Crippen LogP contribution in [0.2, 0.25) is 0 Å². The maximum Gasteiger partial charge on any atom is 0.0640 e. The molecule has 1 fully saturated rings. The van der Waals surface area contributed by atoms with E-state index < -0.39 is 0 Å². The lowest BCUT2D eigenvalue weighted by Crippen LogP contribution is -2.31. The van der Waals surface area contributed by atoms with Gasteiger partial charge in [-0.15, -0.1) is 0 Å². The SMILES string of the molecule is CCNC(CCSC)Cc1ccn(C2CCCC2)n1. The topological polar surface area (TPSA) is 29.9 Å². The zero-order chi connectivity index (χ0) is 13.5. The molecule has 3 nitrogen and oxygen atoms in total. The fourth-order valence-corrected chi connectivity index (χ4v) is 3.46. The Bertz CT molecular complexity index is 358. The smallest absolute Gasteiger partial charge is 0.0640 e. The van der Waals surface area contributed by atoms with Gasteiger partial charge in [-0.1, -0.05) is 19.8 Å². The van der Waals surface area contributed by atoms with E-state index in [9.17, 15) is 0 Å². The van der Waals surface area contributed by atoms with Crippen LogP contribution in [0.5, 0.6) is 0 Å². The van der Waals surface area contributed by atoms with Crippen LogP contribution in [-0.4, -0.2) is 34.4 Å². The Morgan fingerprint density at radius 3 is 2.95 bits per heavy atom. The van der Waals surface area contributed by atoms with E-state index in [1.807, 2.05) is 11.8 Å². The summed E-state index contributed by atoms with van der Waals surface area (Å²) in [4.78, 5) is 0. The van der Waals surface area contributed by atoms with Crippen molar-refractivity contribution in [2.24, 2.45) is 0 Å². The standard InChI is InChI=1S/C15H27N3S/c1-3-16-13(9-11-19-2)12-14-8-10-18(17-14)15-6-4-5-7-15/h8,10,13,15-16H,3-7,9,11-12H2,1-2H3. The van der Waals surface area contributed by atoms with Crippen molar-refractivity contribution in [2.75, 3.05) is 18.6 Å². The monoisotopic (exact) mass is 281 g/mol. The highest BCUT2D eigenvalue weighted by Gasteiger charge is 2.18. The number of hydrogen-bond acceptors (Lipinski definition) is 3. The summed E-state index contributed by atoms with van der Waals surface area (Å²) in [7, 11) is 0. The third-order valence-electron chi connectivity index (χ3n) is 3.98. The number of likely N-dealkylation sites (N-methyl/N-ethyl adjacent to an activating group) is 1. The van der Waals surface area contributed by atoms with E-state index in [0.29, 0.717) is 12.1 Å². The quantitative estimate of drug-likeness (QED) is 0.793. The second-order valence-electron chi connectivity index (χ2n) is 5.47. The molecule has 0 aromatic carbocycles. The van der Waals surface area contributed by atoms with E-state index in [0.717, 1.165) is 13.0 Å². The molecule has 1 atom stereocenters. The van der Waals surface area contributed by atoms with Crippen molar-refractivity contribution in [3.05, 3.63) is 18.0 Å². The van der Waals surface area contributed by atoms with Crippen molar-refractivity contribution >= 4 is 11.8 Å². The fraction of sp³-hybridized carbons (Fsp3) is 0.800. The van der Waals surface area contributed by atoms with Gasteiger partial charge in [0.05, 0.1) is 11.7 Å². The first-order valence-electron chi connectivity index (χ1n) is 7.59. The van der Waals surface area contributed by atoms with Gasteiger partial charge in [0.25, 0.3) is 0 Å². The van der Waals surface area contributed by atoms with Crippen LogP contribution in [0.3, 0.4) is 0 Å². The largest absolute Gasteiger partial charge is 0.314 e. The average molecular weight is 281 g/mol. The van der Waals surface area contributed by atoms with Crippen molar-refractivity contribution in [3.8, 4) is 0 Å². The van der Waals surface area contributed by atoms with E-state index in [4.69, 9.17) is 5.10 Å². The Labute approximate surface area is 121 Å². The lowest BCUT2D eigenvalue weighted by atomic mass is 10.1. The van der Waals surface area contributed by atoms with E-state index >= 15 is 0 Å². The molecule has 1 unspecified atom stereocenters. The molecule has 0 radical (unpaired) electrons. The second kappa shape index (κ2) is 7.95. The van der Waals surface area contributed by atoms with Gasteiger partial charge in [-0.2, -0.15) is 16.9 Å². The first kappa shape index (κ1) is 14.9. The van der Waals surface area contributed by atoms with Crippen LogP contribution in [0, 0.1) is 0 Å². The summed E-state index contributed by atoms with van der Waals surface area (Å²) in [5, 5.41) is 8.37. The molecule has 1 aromatic heterocycles. The molecule has 1 aliphatic rings. The normalized spacial score (nSPS) is 18.0. The van der Waals surface area contributed by atoms with E-state index in [-0.39, 0.29) is 0 Å². The lowest BCUT2D eigenvalue weighted by Gasteiger charge is -2.16. The molecule has 4 heteroatoms. The summed E-state index contributed by atoms with van der Waals surface area (Å²) in [6, 6.07) is 3.45. The van der Waals surface area contributed by atoms with Crippen LogP contribution < -0.4 is 5.32 Å². The van der Waals surface area contributed by atoms with Gasteiger partial charge in [0.2, 0.25) is 0 Å². The van der Waals surface area contributed by atoms with Gasteiger partial charge in [-0.05, 0) is 43.9 Å². The molecule has 2 rings (SSSR count). The van der Waals surface area contributed by atoms with Gasteiger partial charge in [0, 0.05) is 18.7 Å². The fourth-order valence-electron chi connectivity index (χ4n) is 2.94. The van der Waals surface area contributed by atoms with Crippen LogP contribution >= 0.6 is 11.8 Å². The van der Waals surface area contributed by atoms with Crippen LogP contribution in [0.15, 0.2) is 12.3 Å². The minimum atomic E-state index is 0.573. The summed E-state index contributed by atoms with van der Waals surface area (Å²) in [5.41, 5.74) is 1.25. The molecule has 1 aliphatic carbocycles. The average Bonchev–Trinajstić information content (AvgIpc) is 3.06. The Balaban J connectivity index is 1.89. The minimum absolute atomic E-state index is 0.573. The van der Waals surface area contributed by atoms with Crippen molar-refractivity contribution in [2.45, 2.75) is 57.5 Å². The van der Waals surface area contributed by atoms with Gasteiger partial charge in [-0.3, -0.25) is 4.68 Å². The molecular weight excluding hydrogens is 254 g/mol. The predicted octanol–water partition coefficient (Wildman–Crippen LogP) is 3.27. The van der Waals surface area contributed by atoms with Gasteiger partial charge < -0.3 is 5.32 Å². The predicted molar refractivity (Wildman–Crippen MR) is 83.9 cm³/mol. The molecule has 1 heterocycles. The molecule has 0 amide bonds. The van der Waals surface area contributed by atoms with Crippen LogP contribution in [0.25, 0.3) is 0 Å². The Kier molecular flexibility index (Phi) is 6.24. The first-order valence-corrected chi connectivity index (χ1v) is 8.99. The molecule has 1 saturated carbocycles. The number of thioether (sulfide) groups is 1. The summed E-state index contributed by atoms with van der Waals surface area (Å²) in [5.74, 6) is 1.22. The maximum atomic E-state index is 4.79. The van der Waals surface area contributed by atoms with Gasteiger partial charge in [0.1, 0.15) is 0 Å². The molecule has 108 valence electrons. The summed E-state index contributed by atoms with van der Waals surface area (Å²) >= 11 is 1.93. The molecule has 0 spiro atoms. The van der Waals surface area contributed by atoms with Crippen molar-refractivity contribution in [1.29, 1.82) is 0 Å². The minimum Gasteiger partial charge on any atom is -0.314 e. The Morgan fingerprint density at radius 1 is 1.47 bits per heavy atom.